The number of aromatic nitrogens is 1. The van der Waals surface area contributed by atoms with Crippen LogP contribution in [-0.4, -0.2) is 16.1 Å². The van der Waals surface area contributed by atoms with Gasteiger partial charge in [0.05, 0.1) is 21.4 Å². The molecule has 116 valence electrons. The number of aryl methyl sites for hydroxylation is 1. The molecule has 2 aromatic carbocycles. The standard InChI is InChI=1S/C15H11ClN4O2S/c1-9-2-5-12-14(6-9)23-15(18-12)19-17-8-10-3-4-11(16)13(7-10)20(21)22/h2-8H,1H3,(H,18,19). The van der Waals surface area contributed by atoms with Crippen LogP contribution in [0, 0.1) is 17.0 Å². The Morgan fingerprint density at radius 3 is 2.96 bits per heavy atom. The Balaban J connectivity index is 1.77. The summed E-state index contributed by atoms with van der Waals surface area (Å²) in [6, 6.07) is 10.5. The van der Waals surface area contributed by atoms with Crippen LogP contribution >= 0.6 is 22.9 Å². The molecule has 0 saturated carbocycles. The number of thiazole rings is 1. The number of hydrazone groups is 1. The van der Waals surface area contributed by atoms with E-state index in [1.807, 2.05) is 19.1 Å². The van der Waals surface area contributed by atoms with Crippen LogP contribution in [0.15, 0.2) is 41.5 Å². The number of hydrogen-bond acceptors (Lipinski definition) is 6. The van der Waals surface area contributed by atoms with E-state index in [0.29, 0.717) is 10.7 Å². The van der Waals surface area contributed by atoms with Crippen LogP contribution in [0.3, 0.4) is 0 Å². The summed E-state index contributed by atoms with van der Waals surface area (Å²) in [6.07, 6.45) is 1.49. The van der Waals surface area contributed by atoms with Crippen molar-refractivity contribution < 1.29 is 4.92 Å². The van der Waals surface area contributed by atoms with Crippen LogP contribution in [0.25, 0.3) is 10.2 Å². The third-order valence-corrected chi connectivity index (χ3v) is 4.33. The minimum atomic E-state index is -0.525. The quantitative estimate of drug-likeness (QED) is 0.425. The highest BCUT2D eigenvalue weighted by Crippen LogP contribution is 2.27. The highest BCUT2D eigenvalue weighted by molar-refractivity contribution is 7.22. The zero-order chi connectivity index (χ0) is 16.4. The van der Waals surface area contributed by atoms with Crippen LogP contribution in [-0.2, 0) is 0 Å². The largest absolute Gasteiger partial charge is 0.288 e. The van der Waals surface area contributed by atoms with Gasteiger partial charge in [0, 0.05) is 11.6 Å². The van der Waals surface area contributed by atoms with E-state index in [1.165, 1.54) is 35.2 Å². The average molecular weight is 347 g/mol. The van der Waals surface area contributed by atoms with Gasteiger partial charge in [-0.3, -0.25) is 15.5 Å². The van der Waals surface area contributed by atoms with Crippen molar-refractivity contribution in [1.82, 2.24) is 4.98 Å². The normalized spacial score (nSPS) is 11.2. The third-order valence-electron chi connectivity index (χ3n) is 3.08. The van der Waals surface area contributed by atoms with E-state index >= 15 is 0 Å². The van der Waals surface area contributed by atoms with E-state index in [1.54, 1.807) is 6.07 Å². The third kappa shape index (κ3) is 3.46. The van der Waals surface area contributed by atoms with Gasteiger partial charge in [0.25, 0.3) is 5.69 Å². The van der Waals surface area contributed by atoms with Gasteiger partial charge < -0.3 is 0 Å². The Kier molecular flexibility index (Phi) is 4.22. The first kappa shape index (κ1) is 15.4. The second-order valence-electron chi connectivity index (χ2n) is 4.83. The summed E-state index contributed by atoms with van der Waals surface area (Å²) in [6.45, 7) is 2.03. The Bertz CT molecular complexity index is 923. The van der Waals surface area contributed by atoms with Crippen molar-refractivity contribution in [2.24, 2.45) is 5.10 Å². The number of rotatable bonds is 4. The predicted molar refractivity (Wildman–Crippen MR) is 93.7 cm³/mol. The molecule has 0 atom stereocenters. The lowest BCUT2D eigenvalue weighted by molar-refractivity contribution is -0.384. The van der Waals surface area contributed by atoms with Crippen molar-refractivity contribution >= 4 is 50.2 Å². The summed E-state index contributed by atoms with van der Waals surface area (Å²) in [5, 5.41) is 15.7. The number of nitrogens with one attached hydrogen (secondary N) is 1. The molecule has 0 aliphatic heterocycles. The lowest BCUT2D eigenvalue weighted by atomic mass is 10.2. The van der Waals surface area contributed by atoms with Gasteiger partial charge in [-0.15, -0.1) is 0 Å². The molecule has 0 fully saturated rings. The van der Waals surface area contributed by atoms with Crippen molar-refractivity contribution in [2.45, 2.75) is 6.92 Å². The predicted octanol–water partition coefficient (Wildman–Crippen LogP) is 4.61. The van der Waals surface area contributed by atoms with Crippen LogP contribution in [0.5, 0.6) is 0 Å². The maximum Gasteiger partial charge on any atom is 0.288 e. The van der Waals surface area contributed by atoms with Crippen molar-refractivity contribution in [1.29, 1.82) is 0 Å². The molecule has 1 aromatic heterocycles. The lowest BCUT2D eigenvalue weighted by Gasteiger charge is -1.97. The molecular weight excluding hydrogens is 336 g/mol. The monoisotopic (exact) mass is 346 g/mol. The summed E-state index contributed by atoms with van der Waals surface area (Å²) in [5.41, 5.74) is 5.34. The summed E-state index contributed by atoms with van der Waals surface area (Å²) in [4.78, 5) is 14.7. The minimum Gasteiger partial charge on any atom is -0.258 e. The SMILES string of the molecule is Cc1ccc2nc(NN=Cc3ccc(Cl)c([N+](=O)[O-])c3)sc2c1. The van der Waals surface area contributed by atoms with Crippen LogP contribution in [0.2, 0.25) is 5.02 Å². The number of nitrogens with zero attached hydrogens (tertiary/aromatic N) is 3. The Hall–Kier alpha value is -2.51. The Morgan fingerprint density at radius 1 is 1.35 bits per heavy atom. The van der Waals surface area contributed by atoms with Gasteiger partial charge in [-0.2, -0.15) is 5.10 Å². The fraction of sp³-hybridized carbons (Fsp3) is 0.0667. The second-order valence-corrected chi connectivity index (χ2v) is 6.27. The second kappa shape index (κ2) is 6.31. The van der Waals surface area contributed by atoms with Crippen molar-refractivity contribution in [3.8, 4) is 0 Å². The highest BCUT2D eigenvalue weighted by Gasteiger charge is 2.11. The van der Waals surface area contributed by atoms with Crippen LogP contribution in [0.4, 0.5) is 10.8 Å². The van der Waals surface area contributed by atoms with E-state index in [2.05, 4.69) is 21.6 Å². The summed E-state index contributed by atoms with van der Waals surface area (Å²) >= 11 is 7.26. The number of fused-ring (bicyclic) bond motifs is 1. The summed E-state index contributed by atoms with van der Waals surface area (Å²) < 4.78 is 1.07. The molecule has 1 heterocycles. The number of nitro groups is 1. The van der Waals surface area contributed by atoms with Crippen LogP contribution < -0.4 is 5.43 Å². The average Bonchev–Trinajstić information content (AvgIpc) is 2.90. The van der Waals surface area contributed by atoms with Crippen molar-refractivity contribution in [3.63, 3.8) is 0 Å². The topological polar surface area (TPSA) is 80.4 Å². The van der Waals surface area contributed by atoms with E-state index in [-0.39, 0.29) is 10.7 Å². The van der Waals surface area contributed by atoms with E-state index < -0.39 is 4.92 Å². The zero-order valence-electron chi connectivity index (χ0n) is 12.0. The molecule has 0 unspecified atom stereocenters. The van der Waals surface area contributed by atoms with Gasteiger partial charge >= 0.3 is 0 Å². The van der Waals surface area contributed by atoms with E-state index in [9.17, 15) is 10.1 Å². The first-order chi connectivity index (χ1) is 11.0. The summed E-state index contributed by atoms with van der Waals surface area (Å²) in [5.74, 6) is 0. The van der Waals surface area contributed by atoms with Crippen LogP contribution in [0.1, 0.15) is 11.1 Å². The fourth-order valence-corrected chi connectivity index (χ4v) is 3.09. The van der Waals surface area contributed by atoms with Gasteiger partial charge in [-0.25, -0.2) is 4.98 Å². The van der Waals surface area contributed by atoms with Gasteiger partial charge in [0.1, 0.15) is 5.02 Å². The van der Waals surface area contributed by atoms with Crippen molar-refractivity contribution in [2.75, 3.05) is 5.43 Å². The smallest absolute Gasteiger partial charge is 0.258 e. The highest BCUT2D eigenvalue weighted by atomic mass is 35.5. The molecule has 0 amide bonds. The zero-order valence-corrected chi connectivity index (χ0v) is 13.6. The molecule has 0 radical (unpaired) electrons. The molecule has 0 aliphatic carbocycles. The molecule has 6 nitrogen and oxygen atoms in total. The number of anilines is 1. The maximum atomic E-state index is 10.8. The molecule has 3 rings (SSSR count). The number of halogens is 1. The minimum absolute atomic E-state index is 0.0988. The first-order valence-electron chi connectivity index (χ1n) is 6.63. The number of nitro benzene ring substituents is 1. The fourth-order valence-electron chi connectivity index (χ4n) is 1.99. The van der Waals surface area contributed by atoms with Gasteiger partial charge in [0.15, 0.2) is 0 Å². The number of hydrogen-bond donors (Lipinski definition) is 1. The lowest BCUT2D eigenvalue weighted by Crippen LogP contribution is -1.93. The van der Waals surface area contributed by atoms with E-state index in [0.717, 1.165) is 10.2 Å². The molecule has 1 N–H and O–H groups in total. The molecule has 0 spiro atoms. The van der Waals surface area contributed by atoms with Crippen molar-refractivity contribution in [3.05, 3.63) is 62.7 Å². The molecule has 0 saturated heterocycles. The van der Waals surface area contributed by atoms with Gasteiger partial charge in [-0.1, -0.05) is 35.1 Å². The summed E-state index contributed by atoms with van der Waals surface area (Å²) in [7, 11) is 0. The number of benzene rings is 2. The molecule has 23 heavy (non-hydrogen) atoms. The maximum absolute atomic E-state index is 10.8. The Morgan fingerprint density at radius 2 is 2.17 bits per heavy atom. The molecule has 3 aromatic rings. The van der Waals surface area contributed by atoms with E-state index in [4.69, 9.17) is 11.6 Å². The molecular formula is C15H11ClN4O2S. The molecule has 0 bridgehead atoms. The first-order valence-corrected chi connectivity index (χ1v) is 7.82. The van der Waals surface area contributed by atoms with Gasteiger partial charge in [-0.05, 0) is 30.7 Å². The Labute approximate surface area is 140 Å². The van der Waals surface area contributed by atoms with Gasteiger partial charge in [0.2, 0.25) is 5.13 Å². The molecule has 0 aliphatic rings. The molecule has 8 heteroatoms.